The van der Waals surface area contributed by atoms with Crippen LogP contribution in [0.4, 0.5) is 17.6 Å². The Bertz CT molecular complexity index is 2610. The molecule has 2 aromatic carbocycles. The van der Waals surface area contributed by atoms with Crippen molar-refractivity contribution in [2.45, 2.75) is 64.6 Å². The van der Waals surface area contributed by atoms with Crippen molar-refractivity contribution >= 4 is 11.3 Å². The number of aryl methyl sites for hydroxylation is 1. The first-order valence-corrected chi connectivity index (χ1v) is 17.9. The number of nitrogens with zero attached hydrogens (tertiary/aromatic N) is 9. The van der Waals surface area contributed by atoms with Gasteiger partial charge in [0.1, 0.15) is 28.6 Å². The average molecular weight is 748 g/mol. The van der Waals surface area contributed by atoms with Gasteiger partial charge in [-0.2, -0.15) is 5.10 Å². The number of pyridine rings is 1. The predicted octanol–water partition coefficient (Wildman–Crippen LogP) is 8.79. The summed E-state index contributed by atoms with van der Waals surface area (Å²) in [4.78, 5) is 17.7. The molecular weight excluding hydrogens is 711 g/mol. The molecule has 1 N–H and O–H groups in total. The molecule has 0 bridgehead atoms. The fourth-order valence-electron chi connectivity index (χ4n) is 6.74. The summed E-state index contributed by atoms with van der Waals surface area (Å²) in [7, 11) is 0. The van der Waals surface area contributed by atoms with Crippen LogP contribution < -0.4 is 0 Å². The van der Waals surface area contributed by atoms with Crippen LogP contribution in [0.2, 0.25) is 0 Å². The molecule has 1 aliphatic carbocycles. The Morgan fingerprint density at radius 3 is 1.91 bits per heavy atom. The van der Waals surface area contributed by atoms with Crippen LogP contribution in [-0.4, -0.2) is 54.6 Å². The highest BCUT2D eigenvalue weighted by Crippen LogP contribution is 2.41. The van der Waals surface area contributed by atoms with E-state index < -0.39 is 18.6 Å². The summed E-state index contributed by atoms with van der Waals surface area (Å²) in [5.74, 6) is -0.137. The van der Waals surface area contributed by atoms with E-state index in [0.717, 1.165) is 46.7 Å². The molecule has 6 aromatic heterocycles. The number of halogens is 4. The molecule has 14 heteroatoms. The van der Waals surface area contributed by atoms with E-state index in [1.807, 2.05) is 52.6 Å². The van der Waals surface area contributed by atoms with E-state index in [9.17, 15) is 22.7 Å². The minimum atomic E-state index is -2.51. The number of imidazole rings is 4. The molecule has 6 heterocycles. The topological polar surface area (TPSA) is 103 Å². The first kappa shape index (κ1) is 35.9. The molecule has 0 saturated heterocycles. The Kier molecular flexibility index (Phi) is 9.29. The average Bonchev–Trinajstić information content (AvgIpc) is 3.49. The third kappa shape index (κ3) is 7.12. The molecular formula is C41H37F4N9O. The highest BCUT2D eigenvalue weighted by molar-refractivity contribution is 5.79. The summed E-state index contributed by atoms with van der Waals surface area (Å²) in [5, 5.41) is 15.1. The summed E-state index contributed by atoms with van der Waals surface area (Å²) in [6.07, 6.45) is 8.39. The van der Waals surface area contributed by atoms with Crippen LogP contribution in [0.3, 0.4) is 0 Å². The summed E-state index contributed by atoms with van der Waals surface area (Å²) in [5.41, 5.74) is 7.81. The normalized spacial score (nSPS) is 13.2. The van der Waals surface area contributed by atoms with Gasteiger partial charge >= 0.3 is 0 Å². The van der Waals surface area contributed by atoms with Gasteiger partial charge in [-0.3, -0.25) is 0 Å². The maximum Gasteiger partial charge on any atom is 0.256 e. The van der Waals surface area contributed by atoms with Crippen LogP contribution in [0.5, 0.6) is 0 Å². The minimum absolute atomic E-state index is 0.289. The number of aromatic nitrogens is 9. The van der Waals surface area contributed by atoms with Gasteiger partial charge < -0.3 is 18.6 Å². The SMILES string of the molecule is CCn1cnc(-c2ccc(F)cc2)c1-c1ccc2ncc(C(C)(C)O)n2n1.Fc1ccc(-c2ncn(CC(F)F)c2-c2ccc3ncc(C4CC4)n3c2)cc1. The van der Waals surface area contributed by atoms with Gasteiger partial charge in [0.2, 0.25) is 0 Å². The number of alkyl halides is 2. The van der Waals surface area contributed by atoms with Crippen molar-refractivity contribution in [3.63, 3.8) is 0 Å². The summed E-state index contributed by atoms with van der Waals surface area (Å²) in [6, 6.07) is 19.7. The number of hydrogen-bond acceptors (Lipinski definition) is 6. The molecule has 0 atom stereocenters. The van der Waals surface area contributed by atoms with E-state index in [-0.39, 0.29) is 11.6 Å². The van der Waals surface area contributed by atoms with E-state index in [2.05, 4.69) is 19.9 Å². The van der Waals surface area contributed by atoms with Crippen molar-refractivity contribution in [2.24, 2.45) is 0 Å². The van der Waals surface area contributed by atoms with Crippen LogP contribution in [-0.2, 0) is 18.7 Å². The van der Waals surface area contributed by atoms with Crippen LogP contribution in [0.15, 0.2) is 104 Å². The number of benzene rings is 2. The Labute approximate surface area is 313 Å². The molecule has 8 aromatic rings. The fraction of sp³-hybridized carbons (Fsp3) is 0.244. The number of fused-ring (bicyclic) bond motifs is 2. The van der Waals surface area contributed by atoms with Crippen LogP contribution in [0.25, 0.3) is 56.5 Å². The van der Waals surface area contributed by atoms with Crippen LogP contribution in [0.1, 0.15) is 50.9 Å². The Hall–Kier alpha value is -6.15. The second-order valence-electron chi connectivity index (χ2n) is 14.0. The van der Waals surface area contributed by atoms with E-state index in [1.54, 1.807) is 55.2 Å². The first-order chi connectivity index (χ1) is 26.5. The predicted molar refractivity (Wildman–Crippen MR) is 200 cm³/mol. The van der Waals surface area contributed by atoms with Crippen molar-refractivity contribution < 1.29 is 22.7 Å². The van der Waals surface area contributed by atoms with Gasteiger partial charge in [0, 0.05) is 47.2 Å². The second-order valence-corrected chi connectivity index (χ2v) is 14.0. The lowest BCUT2D eigenvalue weighted by Gasteiger charge is -2.16. The van der Waals surface area contributed by atoms with Gasteiger partial charge in [0.05, 0.1) is 53.9 Å². The second kappa shape index (κ2) is 14.3. The van der Waals surface area contributed by atoms with Crippen LogP contribution in [0, 0.1) is 11.6 Å². The van der Waals surface area contributed by atoms with E-state index >= 15 is 0 Å². The lowest BCUT2D eigenvalue weighted by Crippen LogP contribution is -2.19. The highest BCUT2D eigenvalue weighted by Gasteiger charge is 2.28. The molecule has 1 fully saturated rings. The van der Waals surface area contributed by atoms with E-state index in [4.69, 9.17) is 5.10 Å². The quantitative estimate of drug-likeness (QED) is 0.148. The summed E-state index contributed by atoms with van der Waals surface area (Å²) < 4.78 is 60.1. The summed E-state index contributed by atoms with van der Waals surface area (Å²) in [6.45, 7) is 5.68. The third-order valence-corrected chi connectivity index (χ3v) is 9.62. The first-order valence-electron chi connectivity index (χ1n) is 17.9. The molecule has 1 aliphatic rings. The van der Waals surface area contributed by atoms with Crippen molar-refractivity contribution in [2.75, 3.05) is 0 Å². The van der Waals surface area contributed by atoms with Gasteiger partial charge in [0.25, 0.3) is 6.43 Å². The van der Waals surface area contributed by atoms with Gasteiger partial charge in [-0.25, -0.2) is 42.0 Å². The van der Waals surface area contributed by atoms with E-state index in [1.165, 1.54) is 35.2 Å². The molecule has 0 amide bonds. The molecule has 1 saturated carbocycles. The smallest absolute Gasteiger partial charge is 0.256 e. The lowest BCUT2D eigenvalue weighted by molar-refractivity contribution is 0.0718. The summed E-state index contributed by atoms with van der Waals surface area (Å²) >= 11 is 0. The van der Waals surface area contributed by atoms with Gasteiger partial charge in [-0.15, -0.1) is 0 Å². The number of hydrogen-bond donors (Lipinski definition) is 1. The zero-order valence-corrected chi connectivity index (χ0v) is 30.3. The van der Waals surface area contributed by atoms with Crippen LogP contribution >= 0.6 is 0 Å². The van der Waals surface area contributed by atoms with Gasteiger partial charge in [-0.1, -0.05) is 0 Å². The van der Waals surface area contributed by atoms with Crippen molar-refractivity contribution in [1.29, 1.82) is 0 Å². The van der Waals surface area contributed by atoms with Gasteiger partial charge in [0.15, 0.2) is 5.65 Å². The Balaban J connectivity index is 0.000000155. The minimum Gasteiger partial charge on any atom is -0.384 e. The molecule has 10 nitrogen and oxygen atoms in total. The van der Waals surface area contributed by atoms with E-state index in [0.29, 0.717) is 46.4 Å². The highest BCUT2D eigenvalue weighted by atomic mass is 19.3. The monoisotopic (exact) mass is 747 g/mol. The molecule has 0 unspecified atom stereocenters. The molecule has 9 rings (SSSR count). The zero-order valence-electron chi connectivity index (χ0n) is 30.3. The molecule has 280 valence electrons. The molecule has 0 radical (unpaired) electrons. The Morgan fingerprint density at radius 1 is 0.727 bits per heavy atom. The molecule has 55 heavy (non-hydrogen) atoms. The molecule has 0 spiro atoms. The standard InChI is InChI=1S/C21H17F3N4.C20H20FN5O/c22-16-6-3-14(4-7-16)20-21(27(12-26-20)11-18(23)24)15-5-8-19-25-9-17(13-1-2-13)28(19)10-15;1-4-25-12-23-18(13-5-7-14(21)8-6-13)19(25)15-9-10-17-22-11-16(20(2,3)27)26(17)24-15/h3-10,12-13,18H,1-2,11H2;5-12,27H,4H2,1-3H3. The third-order valence-electron chi connectivity index (χ3n) is 9.62. The van der Waals surface area contributed by atoms with Crippen molar-refractivity contribution in [3.05, 3.63) is 127 Å². The largest absolute Gasteiger partial charge is 0.384 e. The van der Waals surface area contributed by atoms with Crippen molar-refractivity contribution in [1.82, 2.24) is 43.1 Å². The van der Waals surface area contributed by atoms with Gasteiger partial charge in [-0.05, 0) is 106 Å². The maximum atomic E-state index is 13.3. The fourth-order valence-corrected chi connectivity index (χ4v) is 6.74. The lowest BCUT2D eigenvalue weighted by atomic mass is 10.1. The number of rotatable bonds is 9. The van der Waals surface area contributed by atoms with Crippen molar-refractivity contribution in [3.8, 4) is 45.2 Å². The molecule has 0 aliphatic heterocycles. The Morgan fingerprint density at radius 2 is 1.31 bits per heavy atom. The number of aliphatic hydroxyl groups is 1. The maximum absolute atomic E-state index is 13.3. The zero-order chi connectivity index (χ0) is 38.4.